The molecule has 0 aromatic rings. The fraction of sp³-hybridized carbons (Fsp3) is 1.00. The average molecular weight is 133 g/mol. The van der Waals surface area contributed by atoms with Crippen LogP contribution in [-0.4, -0.2) is 27.9 Å². The van der Waals surface area contributed by atoms with Gasteiger partial charge in [-0.2, -0.15) is 0 Å². The molecule has 0 aliphatic carbocycles. The Morgan fingerprint density at radius 3 is 1.57 bits per heavy atom. The van der Waals surface area contributed by atoms with Gasteiger partial charge in [-0.1, -0.05) is 6.92 Å². The first-order valence-corrected chi connectivity index (χ1v) is 2.63. The SMILES string of the molecule is CCC(C)(C)Cl.[MgH2]. The molecular weight excluding hydrogens is 120 g/mol. The topological polar surface area (TPSA) is 0 Å². The summed E-state index contributed by atoms with van der Waals surface area (Å²) in [4.78, 5) is 0.0139. The molecule has 0 amide bonds. The summed E-state index contributed by atoms with van der Waals surface area (Å²) in [6, 6.07) is 0. The Morgan fingerprint density at radius 2 is 1.57 bits per heavy atom. The van der Waals surface area contributed by atoms with Gasteiger partial charge in [0, 0.05) is 4.87 Å². The predicted molar refractivity (Wildman–Crippen MR) is 38.8 cm³/mol. The summed E-state index contributed by atoms with van der Waals surface area (Å²) in [6.07, 6.45) is 1.04. The summed E-state index contributed by atoms with van der Waals surface area (Å²) < 4.78 is 0. The van der Waals surface area contributed by atoms with Gasteiger partial charge in [0.2, 0.25) is 0 Å². The minimum absolute atomic E-state index is 0. The third-order valence-electron chi connectivity index (χ3n) is 0.841. The van der Waals surface area contributed by atoms with E-state index in [0.717, 1.165) is 6.42 Å². The normalized spacial score (nSPS) is 10.3. The van der Waals surface area contributed by atoms with Crippen molar-refractivity contribution in [3.63, 3.8) is 0 Å². The van der Waals surface area contributed by atoms with Crippen LogP contribution in [0.15, 0.2) is 0 Å². The molecule has 42 valence electrons. The molecule has 0 unspecified atom stereocenters. The Labute approximate surface area is 66.8 Å². The molecule has 0 radical (unpaired) electrons. The van der Waals surface area contributed by atoms with E-state index in [-0.39, 0.29) is 27.9 Å². The maximum atomic E-state index is 5.72. The molecule has 0 bridgehead atoms. The van der Waals surface area contributed by atoms with Gasteiger partial charge in [-0.15, -0.1) is 11.6 Å². The van der Waals surface area contributed by atoms with Crippen LogP contribution >= 0.6 is 11.6 Å². The maximum Gasteiger partial charge on any atom is 0.316 e. The summed E-state index contributed by atoms with van der Waals surface area (Å²) in [7, 11) is 0. The molecule has 0 saturated carbocycles. The van der Waals surface area contributed by atoms with Crippen LogP contribution in [0.5, 0.6) is 0 Å². The molecule has 0 aromatic carbocycles. The highest BCUT2D eigenvalue weighted by Gasteiger charge is 2.06. The standard InChI is InChI=1S/C5H11Cl.Mg.2H/c1-4-5(2,3)6;;;/h4H2,1-3H3;;;. The van der Waals surface area contributed by atoms with E-state index in [0.29, 0.717) is 0 Å². The fourth-order valence-electron chi connectivity index (χ4n) is 0. The lowest BCUT2D eigenvalue weighted by molar-refractivity contribution is 0.671. The molecular formula is C5H13ClMg. The first-order chi connectivity index (χ1) is 2.56. The third-order valence-corrected chi connectivity index (χ3v) is 1.11. The smallest absolute Gasteiger partial charge is 0.120 e. The lowest BCUT2D eigenvalue weighted by Gasteiger charge is -2.09. The lowest BCUT2D eigenvalue weighted by atomic mass is 10.1. The van der Waals surface area contributed by atoms with Crippen molar-refractivity contribution >= 4 is 34.7 Å². The highest BCUT2D eigenvalue weighted by atomic mass is 35.5. The van der Waals surface area contributed by atoms with E-state index < -0.39 is 0 Å². The van der Waals surface area contributed by atoms with Crippen molar-refractivity contribution in [3.8, 4) is 0 Å². The molecule has 0 spiro atoms. The van der Waals surface area contributed by atoms with E-state index in [1.807, 2.05) is 13.8 Å². The molecule has 0 aromatic heterocycles. The van der Waals surface area contributed by atoms with Crippen LogP contribution in [0, 0.1) is 0 Å². The zero-order valence-electron chi connectivity index (χ0n) is 4.59. The summed E-state index contributed by atoms with van der Waals surface area (Å²) in [5, 5.41) is 0. The Balaban J connectivity index is 0. The van der Waals surface area contributed by atoms with Crippen molar-refractivity contribution in [3.05, 3.63) is 0 Å². The lowest BCUT2D eigenvalue weighted by Crippen LogP contribution is -2.05. The monoisotopic (exact) mass is 132 g/mol. The number of alkyl halides is 1. The Kier molecular flexibility index (Phi) is 6.23. The Morgan fingerprint density at radius 1 is 1.43 bits per heavy atom. The molecule has 0 N–H and O–H groups in total. The molecule has 0 heterocycles. The molecule has 2 heteroatoms. The van der Waals surface area contributed by atoms with E-state index >= 15 is 0 Å². The second-order valence-electron chi connectivity index (χ2n) is 2.07. The minimum atomic E-state index is 0. The van der Waals surface area contributed by atoms with Crippen LogP contribution < -0.4 is 0 Å². The van der Waals surface area contributed by atoms with Crippen molar-refractivity contribution < 1.29 is 0 Å². The molecule has 0 aliphatic heterocycles. The van der Waals surface area contributed by atoms with E-state index in [1.165, 1.54) is 0 Å². The zero-order chi connectivity index (χ0) is 5.21. The Bertz CT molecular complexity index is 37.8. The average Bonchev–Trinajstić information content (AvgIpc) is 1.35. The van der Waals surface area contributed by atoms with Gasteiger partial charge in [-0.05, 0) is 20.3 Å². The summed E-state index contributed by atoms with van der Waals surface area (Å²) in [5.74, 6) is 0. The van der Waals surface area contributed by atoms with Crippen molar-refractivity contribution in [1.29, 1.82) is 0 Å². The van der Waals surface area contributed by atoms with Crippen LogP contribution in [0.4, 0.5) is 0 Å². The van der Waals surface area contributed by atoms with Crippen molar-refractivity contribution in [2.24, 2.45) is 0 Å². The van der Waals surface area contributed by atoms with Gasteiger partial charge in [0.05, 0.1) is 0 Å². The molecule has 0 atom stereocenters. The molecule has 0 saturated heterocycles. The first kappa shape index (κ1) is 10.9. The highest BCUT2D eigenvalue weighted by molar-refractivity contribution is 6.23. The van der Waals surface area contributed by atoms with Crippen LogP contribution in [0.25, 0.3) is 0 Å². The van der Waals surface area contributed by atoms with Crippen LogP contribution in [-0.2, 0) is 0 Å². The molecule has 0 rings (SSSR count). The quantitative estimate of drug-likeness (QED) is 0.375. The second kappa shape index (κ2) is 3.99. The Hall–Kier alpha value is 1.06. The largest absolute Gasteiger partial charge is 0.316 e. The first-order valence-electron chi connectivity index (χ1n) is 2.25. The minimum Gasteiger partial charge on any atom is -0.120 e. The van der Waals surface area contributed by atoms with E-state index in [4.69, 9.17) is 11.6 Å². The summed E-state index contributed by atoms with van der Waals surface area (Å²) >= 11 is 5.72. The summed E-state index contributed by atoms with van der Waals surface area (Å²) in [5.41, 5.74) is 0. The van der Waals surface area contributed by atoms with Crippen LogP contribution in [0.3, 0.4) is 0 Å². The van der Waals surface area contributed by atoms with Gasteiger partial charge >= 0.3 is 23.1 Å². The van der Waals surface area contributed by atoms with E-state index in [1.54, 1.807) is 0 Å². The number of rotatable bonds is 1. The molecule has 0 fully saturated rings. The maximum absolute atomic E-state index is 5.72. The van der Waals surface area contributed by atoms with Gasteiger partial charge in [0.25, 0.3) is 0 Å². The van der Waals surface area contributed by atoms with Gasteiger partial charge in [0.1, 0.15) is 0 Å². The van der Waals surface area contributed by atoms with Crippen molar-refractivity contribution in [1.82, 2.24) is 0 Å². The van der Waals surface area contributed by atoms with E-state index in [9.17, 15) is 0 Å². The second-order valence-corrected chi connectivity index (χ2v) is 3.10. The van der Waals surface area contributed by atoms with Gasteiger partial charge in [-0.25, -0.2) is 0 Å². The van der Waals surface area contributed by atoms with E-state index in [2.05, 4.69) is 6.92 Å². The molecule has 7 heavy (non-hydrogen) atoms. The van der Waals surface area contributed by atoms with Gasteiger partial charge < -0.3 is 0 Å². The zero-order valence-corrected chi connectivity index (χ0v) is 5.34. The molecule has 0 aliphatic rings. The summed E-state index contributed by atoms with van der Waals surface area (Å²) in [6.45, 7) is 6.09. The predicted octanol–water partition coefficient (Wildman–Crippen LogP) is 1.50. The van der Waals surface area contributed by atoms with Crippen LogP contribution in [0.1, 0.15) is 27.2 Å². The highest BCUT2D eigenvalue weighted by Crippen LogP contribution is 2.15. The van der Waals surface area contributed by atoms with Gasteiger partial charge in [0.15, 0.2) is 0 Å². The molecule has 0 nitrogen and oxygen atoms in total. The third kappa shape index (κ3) is 11.0. The number of hydrogen-bond acceptors (Lipinski definition) is 0. The number of hydrogen-bond donors (Lipinski definition) is 0. The van der Waals surface area contributed by atoms with Crippen molar-refractivity contribution in [2.75, 3.05) is 0 Å². The number of halogens is 1. The van der Waals surface area contributed by atoms with Crippen LogP contribution in [0.2, 0.25) is 0 Å². The van der Waals surface area contributed by atoms with Crippen molar-refractivity contribution in [2.45, 2.75) is 32.1 Å². The van der Waals surface area contributed by atoms with Gasteiger partial charge in [-0.3, -0.25) is 0 Å². The fourth-order valence-corrected chi connectivity index (χ4v) is 0.